The Morgan fingerprint density at radius 1 is 1.50 bits per heavy atom. The Balaban J connectivity index is 0.000000561. The molecule has 1 rings (SSSR count). The molecule has 3 heteroatoms. The maximum absolute atomic E-state index is 11.1. The van der Waals surface area contributed by atoms with E-state index in [2.05, 4.69) is 5.10 Å². The van der Waals surface area contributed by atoms with Crippen molar-refractivity contribution in [3.63, 3.8) is 0 Å². The second-order valence-corrected chi connectivity index (χ2v) is 2.14. The average Bonchev–Trinajstić information content (AvgIpc) is 2.13. The van der Waals surface area contributed by atoms with Gasteiger partial charge in [-0.25, -0.2) is 4.68 Å². The van der Waals surface area contributed by atoms with Crippen molar-refractivity contribution in [2.75, 3.05) is 0 Å². The fourth-order valence-corrected chi connectivity index (χ4v) is 0.824. The molecule has 0 saturated heterocycles. The molecule has 1 heterocycles. The number of rotatable bonds is 1. The van der Waals surface area contributed by atoms with Crippen molar-refractivity contribution in [1.29, 1.82) is 0 Å². The van der Waals surface area contributed by atoms with Gasteiger partial charge >= 0.3 is 0 Å². The molecule has 0 bridgehead atoms. The molecule has 0 N–H and O–H groups in total. The first-order valence-corrected chi connectivity index (χ1v) is 4.27. The highest BCUT2D eigenvalue weighted by molar-refractivity contribution is 5.05. The summed E-state index contributed by atoms with van der Waals surface area (Å²) in [6.45, 7) is 5.96. The standard InChI is InChI=1S/C7H10N2O.C2H6/c1-3-6-4-5-8-9(2)7(6)10;1-2/h4-5H,3H2,1-2H3;1-2H3. The Hall–Kier alpha value is -1.12. The van der Waals surface area contributed by atoms with E-state index in [1.807, 2.05) is 20.8 Å². The van der Waals surface area contributed by atoms with Crippen LogP contribution in [0.2, 0.25) is 0 Å². The summed E-state index contributed by atoms with van der Waals surface area (Å²) in [4.78, 5) is 11.1. The lowest BCUT2D eigenvalue weighted by Crippen LogP contribution is -2.22. The summed E-state index contributed by atoms with van der Waals surface area (Å²) in [5.41, 5.74) is 0.822. The first-order valence-electron chi connectivity index (χ1n) is 4.27. The van der Waals surface area contributed by atoms with Crippen LogP contribution >= 0.6 is 0 Å². The highest BCUT2D eigenvalue weighted by Crippen LogP contribution is 1.87. The Morgan fingerprint density at radius 2 is 2.08 bits per heavy atom. The van der Waals surface area contributed by atoms with E-state index in [-0.39, 0.29) is 5.56 Å². The molecule has 0 aliphatic heterocycles. The van der Waals surface area contributed by atoms with Gasteiger partial charge in [0.25, 0.3) is 5.56 Å². The highest BCUT2D eigenvalue weighted by Gasteiger charge is 1.95. The third kappa shape index (κ3) is 2.49. The lowest BCUT2D eigenvalue weighted by molar-refractivity contribution is 0.694. The predicted octanol–water partition coefficient (Wildman–Crippen LogP) is 1.37. The summed E-state index contributed by atoms with van der Waals surface area (Å²) in [6.07, 6.45) is 2.41. The number of nitrogens with zero attached hydrogens (tertiary/aromatic N) is 2. The lowest BCUT2D eigenvalue weighted by atomic mass is 10.2. The molecule has 0 atom stereocenters. The van der Waals surface area contributed by atoms with E-state index in [0.717, 1.165) is 12.0 Å². The molecule has 0 aliphatic rings. The van der Waals surface area contributed by atoms with Crippen LogP contribution in [0.4, 0.5) is 0 Å². The molecule has 12 heavy (non-hydrogen) atoms. The second-order valence-electron chi connectivity index (χ2n) is 2.14. The third-order valence-electron chi connectivity index (χ3n) is 1.47. The fraction of sp³-hybridized carbons (Fsp3) is 0.556. The molecule has 1 aromatic rings. The van der Waals surface area contributed by atoms with E-state index in [1.54, 1.807) is 19.3 Å². The van der Waals surface area contributed by atoms with Crippen LogP contribution in [0, 0.1) is 0 Å². The van der Waals surface area contributed by atoms with E-state index in [0.29, 0.717) is 0 Å². The van der Waals surface area contributed by atoms with Crippen molar-refractivity contribution < 1.29 is 0 Å². The van der Waals surface area contributed by atoms with E-state index >= 15 is 0 Å². The van der Waals surface area contributed by atoms with Crippen LogP contribution in [0.1, 0.15) is 26.3 Å². The van der Waals surface area contributed by atoms with Gasteiger partial charge in [-0.05, 0) is 12.5 Å². The minimum atomic E-state index is 0.00463. The molecular formula is C9H16N2O. The summed E-state index contributed by atoms with van der Waals surface area (Å²) in [6, 6.07) is 1.75. The normalized spacial score (nSPS) is 8.67. The smallest absolute Gasteiger partial charge is 0.268 e. The predicted molar refractivity (Wildman–Crippen MR) is 50.2 cm³/mol. The molecule has 1 aromatic heterocycles. The Kier molecular flexibility index (Phi) is 5.00. The SMILES string of the molecule is CC.CCc1ccnn(C)c1=O. The third-order valence-corrected chi connectivity index (χ3v) is 1.47. The van der Waals surface area contributed by atoms with Crippen LogP contribution in [-0.4, -0.2) is 9.78 Å². The molecule has 68 valence electrons. The van der Waals surface area contributed by atoms with Gasteiger partial charge in [-0.15, -0.1) is 0 Å². The second kappa shape index (κ2) is 5.52. The van der Waals surface area contributed by atoms with Crippen LogP contribution in [-0.2, 0) is 13.5 Å². The fourth-order valence-electron chi connectivity index (χ4n) is 0.824. The van der Waals surface area contributed by atoms with Crippen LogP contribution in [0.5, 0.6) is 0 Å². The first kappa shape index (κ1) is 10.9. The van der Waals surface area contributed by atoms with Gasteiger partial charge in [-0.1, -0.05) is 20.8 Å². The summed E-state index contributed by atoms with van der Waals surface area (Å²) in [5, 5.41) is 3.79. The monoisotopic (exact) mass is 168 g/mol. The quantitative estimate of drug-likeness (QED) is 0.634. The van der Waals surface area contributed by atoms with Crippen LogP contribution < -0.4 is 5.56 Å². The van der Waals surface area contributed by atoms with Crippen molar-refractivity contribution in [2.24, 2.45) is 7.05 Å². The molecule has 0 saturated carbocycles. The highest BCUT2D eigenvalue weighted by atomic mass is 16.1. The van der Waals surface area contributed by atoms with Crippen molar-refractivity contribution in [3.05, 3.63) is 28.2 Å². The minimum Gasteiger partial charge on any atom is -0.268 e. The van der Waals surface area contributed by atoms with E-state index in [9.17, 15) is 4.79 Å². The zero-order valence-corrected chi connectivity index (χ0v) is 8.16. The molecule has 0 amide bonds. The largest absolute Gasteiger partial charge is 0.269 e. The van der Waals surface area contributed by atoms with Gasteiger partial charge in [-0.2, -0.15) is 5.10 Å². The van der Waals surface area contributed by atoms with Crippen molar-refractivity contribution >= 4 is 0 Å². The molecule has 3 nitrogen and oxygen atoms in total. The van der Waals surface area contributed by atoms with E-state index < -0.39 is 0 Å². The Morgan fingerprint density at radius 3 is 2.50 bits per heavy atom. The van der Waals surface area contributed by atoms with Gasteiger partial charge in [0, 0.05) is 18.8 Å². The Labute approximate surface area is 73.0 Å². The summed E-state index contributed by atoms with van der Waals surface area (Å²) >= 11 is 0. The molecule has 0 radical (unpaired) electrons. The molecule has 0 aliphatic carbocycles. The Bertz CT molecular complexity index is 278. The molecular weight excluding hydrogens is 152 g/mol. The maximum atomic E-state index is 11.1. The van der Waals surface area contributed by atoms with Gasteiger partial charge in [0.2, 0.25) is 0 Å². The van der Waals surface area contributed by atoms with Gasteiger partial charge in [0.05, 0.1) is 0 Å². The minimum absolute atomic E-state index is 0.00463. The average molecular weight is 168 g/mol. The van der Waals surface area contributed by atoms with Crippen molar-refractivity contribution in [2.45, 2.75) is 27.2 Å². The van der Waals surface area contributed by atoms with Gasteiger partial charge in [-0.3, -0.25) is 4.79 Å². The zero-order valence-electron chi connectivity index (χ0n) is 8.16. The number of aryl methyl sites for hydroxylation is 2. The molecule has 0 unspecified atom stereocenters. The molecule has 0 spiro atoms. The lowest BCUT2D eigenvalue weighted by Gasteiger charge is -1.96. The van der Waals surface area contributed by atoms with Gasteiger partial charge in [0.15, 0.2) is 0 Å². The zero-order chi connectivity index (χ0) is 9.56. The number of hydrogen-bond donors (Lipinski definition) is 0. The molecule has 0 fully saturated rings. The van der Waals surface area contributed by atoms with Crippen molar-refractivity contribution in [3.8, 4) is 0 Å². The summed E-state index contributed by atoms with van der Waals surface area (Å²) in [5.74, 6) is 0. The van der Waals surface area contributed by atoms with Crippen LogP contribution in [0.3, 0.4) is 0 Å². The van der Waals surface area contributed by atoms with Crippen molar-refractivity contribution in [1.82, 2.24) is 9.78 Å². The number of hydrogen-bond acceptors (Lipinski definition) is 2. The molecule has 0 aromatic carbocycles. The van der Waals surface area contributed by atoms with Crippen LogP contribution in [0.15, 0.2) is 17.1 Å². The van der Waals surface area contributed by atoms with E-state index in [4.69, 9.17) is 0 Å². The summed E-state index contributed by atoms with van der Waals surface area (Å²) < 4.78 is 1.35. The van der Waals surface area contributed by atoms with E-state index in [1.165, 1.54) is 4.68 Å². The first-order chi connectivity index (χ1) is 5.75. The van der Waals surface area contributed by atoms with Gasteiger partial charge in [0.1, 0.15) is 0 Å². The summed E-state index contributed by atoms with van der Waals surface area (Å²) in [7, 11) is 1.65. The topological polar surface area (TPSA) is 34.9 Å². The maximum Gasteiger partial charge on any atom is 0.269 e. The van der Waals surface area contributed by atoms with Crippen LogP contribution in [0.25, 0.3) is 0 Å². The van der Waals surface area contributed by atoms with Gasteiger partial charge < -0.3 is 0 Å². The number of aromatic nitrogens is 2.